The second-order valence-corrected chi connectivity index (χ2v) is 10.5. The molecule has 0 spiro atoms. The van der Waals surface area contributed by atoms with Crippen LogP contribution in [-0.4, -0.2) is 34.7 Å². The predicted molar refractivity (Wildman–Crippen MR) is 154 cm³/mol. The van der Waals surface area contributed by atoms with Gasteiger partial charge in [-0.3, -0.25) is 14.9 Å². The molecule has 10 nitrogen and oxygen atoms in total. The van der Waals surface area contributed by atoms with Gasteiger partial charge in [0.25, 0.3) is 0 Å². The molecule has 2 aromatic heterocycles. The van der Waals surface area contributed by atoms with E-state index in [9.17, 15) is 18.8 Å². The molecule has 1 saturated carbocycles. The van der Waals surface area contributed by atoms with Crippen LogP contribution in [0, 0.1) is 31.5 Å². The van der Waals surface area contributed by atoms with E-state index in [1.54, 1.807) is 51.1 Å². The number of carbonyl (C=O) groups is 3. The van der Waals surface area contributed by atoms with Gasteiger partial charge >= 0.3 is 12.1 Å². The zero-order chi connectivity index (χ0) is 30.2. The molecule has 0 radical (unpaired) electrons. The molecule has 3 atom stereocenters. The Balaban J connectivity index is 1.44. The van der Waals surface area contributed by atoms with Crippen LogP contribution >= 0.6 is 0 Å². The number of rotatable bonds is 10. The van der Waals surface area contributed by atoms with Crippen LogP contribution in [-0.2, 0) is 19.1 Å². The second-order valence-electron chi connectivity index (χ2n) is 10.5. The monoisotopic (exact) mass is 580 g/mol. The van der Waals surface area contributed by atoms with E-state index >= 15 is 0 Å². The van der Waals surface area contributed by atoms with Crippen LogP contribution in [0.25, 0.3) is 11.5 Å². The highest BCUT2D eigenvalue weighted by atomic mass is 19.1. The summed E-state index contributed by atoms with van der Waals surface area (Å²) in [5.41, 5.74) is 2.28. The van der Waals surface area contributed by atoms with E-state index < -0.39 is 29.9 Å². The summed E-state index contributed by atoms with van der Waals surface area (Å²) in [4.78, 5) is 43.1. The number of anilines is 2. The molecule has 224 valence electrons. The van der Waals surface area contributed by atoms with Crippen LogP contribution in [0.1, 0.15) is 75.4 Å². The Hall–Kier alpha value is -4.28. The Labute approximate surface area is 244 Å². The lowest BCUT2D eigenvalue weighted by Crippen LogP contribution is -2.37. The van der Waals surface area contributed by atoms with Gasteiger partial charge in [-0.1, -0.05) is 49.5 Å². The van der Waals surface area contributed by atoms with Gasteiger partial charge in [0.1, 0.15) is 29.0 Å². The molecule has 42 heavy (non-hydrogen) atoms. The van der Waals surface area contributed by atoms with Crippen molar-refractivity contribution in [3.8, 4) is 11.5 Å². The number of benzene rings is 1. The molecular formula is C31H37FN4O6. The van der Waals surface area contributed by atoms with Crippen molar-refractivity contribution < 1.29 is 32.8 Å². The number of esters is 1. The van der Waals surface area contributed by atoms with Crippen molar-refractivity contribution in [1.29, 1.82) is 0 Å². The summed E-state index contributed by atoms with van der Waals surface area (Å²) in [5.74, 6) is -1.76. The largest absolute Gasteiger partial charge is 0.465 e. The van der Waals surface area contributed by atoms with Crippen LogP contribution in [0.15, 0.2) is 40.9 Å². The number of carbonyl (C=O) groups excluding carboxylic acids is 3. The third kappa shape index (κ3) is 7.32. The Morgan fingerprint density at radius 2 is 1.79 bits per heavy atom. The first kappa shape index (κ1) is 30.7. The second kappa shape index (κ2) is 14.1. The highest BCUT2D eigenvalue weighted by molar-refractivity contribution is 5.96. The predicted octanol–water partition coefficient (Wildman–Crippen LogP) is 6.89. The molecule has 3 aromatic rings. The minimum absolute atomic E-state index is 0.200. The van der Waals surface area contributed by atoms with Gasteiger partial charge < -0.3 is 19.3 Å². The number of unbranched alkanes of at least 4 members (excludes halogenated alkanes) is 1. The topological polar surface area (TPSA) is 133 Å². The highest BCUT2D eigenvalue weighted by Crippen LogP contribution is 2.34. The van der Waals surface area contributed by atoms with E-state index in [0.717, 1.165) is 25.7 Å². The number of halogens is 1. The molecule has 1 fully saturated rings. The Bertz CT molecular complexity index is 1420. The number of hydrogen-bond acceptors (Lipinski definition) is 8. The van der Waals surface area contributed by atoms with Crippen molar-refractivity contribution in [2.45, 2.75) is 72.3 Å². The van der Waals surface area contributed by atoms with Crippen molar-refractivity contribution in [3.63, 3.8) is 0 Å². The standard InChI is InChI=1S/C31H37FN4O6/c1-5-6-17-40-30(38)23-13-8-7-12-22(23)29(37)34-25-15-16-26(33-18(25)2)28-27(19(3)36-42-28)35-31(39)41-20(4)21-11-9-10-14-24(21)32/h9-11,14-16,20,22-23H,5-8,12-13,17H2,1-4H3,(H,34,37)(H,35,39)/t20-,22?,23?/m1/s1. The van der Waals surface area contributed by atoms with E-state index in [1.165, 1.54) is 6.07 Å². The minimum Gasteiger partial charge on any atom is -0.465 e. The van der Waals surface area contributed by atoms with Gasteiger partial charge in [-0.2, -0.15) is 0 Å². The van der Waals surface area contributed by atoms with Gasteiger partial charge in [0.2, 0.25) is 11.7 Å². The van der Waals surface area contributed by atoms with Crippen molar-refractivity contribution in [3.05, 3.63) is 59.2 Å². The average Bonchev–Trinajstić information content (AvgIpc) is 3.33. The lowest BCUT2D eigenvalue weighted by Gasteiger charge is -2.29. The molecule has 0 aliphatic heterocycles. The lowest BCUT2D eigenvalue weighted by molar-refractivity contribution is -0.154. The summed E-state index contributed by atoms with van der Waals surface area (Å²) in [6, 6.07) is 9.39. The molecule has 11 heteroatoms. The molecule has 2 heterocycles. The zero-order valence-corrected chi connectivity index (χ0v) is 24.4. The van der Waals surface area contributed by atoms with Crippen molar-refractivity contribution in [2.24, 2.45) is 11.8 Å². The quantitative estimate of drug-likeness (QED) is 0.196. The third-order valence-corrected chi connectivity index (χ3v) is 7.44. The van der Waals surface area contributed by atoms with Crippen LogP contribution in [0.4, 0.5) is 20.6 Å². The first-order valence-electron chi connectivity index (χ1n) is 14.3. The number of amides is 2. The Kier molecular flexibility index (Phi) is 10.3. The number of ether oxygens (including phenoxy) is 2. The van der Waals surface area contributed by atoms with Crippen LogP contribution in [0.3, 0.4) is 0 Å². The maximum absolute atomic E-state index is 14.1. The van der Waals surface area contributed by atoms with E-state index in [2.05, 4.69) is 20.8 Å². The van der Waals surface area contributed by atoms with Crippen molar-refractivity contribution in [2.75, 3.05) is 17.2 Å². The number of pyridine rings is 1. The normalized spacial score (nSPS) is 17.3. The maximum Gasteiger partial charge on any atom is 0.412 e. The molecule has 1 aliphatic carbocycles. The van der Waals surface area contributed by atoms with E-state index in [4.69, 9.17) is 14.0 Å². The van der Waals surface area contributed by atoms with E-state index in [1.807, 2.05) is 6.92 Å². The molecule has 0 bridgehead atoms. The first-order chi connectivity index (χ1) is 20.2. The van der Waals surface area contributed by atoms with Gasteiger partial charge in [0.05, 0.1) is 29.8 Å². The minimum atomic E-state index is -0.833. The summed E-state index contributed by atoms with van der Waals surface area (Å²) < 4.78 is 30.4. The number of nitrogens with zero attached hydrogens (tertiary/aromatic N) is 2. The van der Waals surface area contributed by atoms with Crippen LogP contribution in [0.2, 0.25) is 0 Å². The van der Waals surface area contributed by atoms with Crippen LogP contribution in [0.5, 0.6) is 0 Å². The SMILES string of the molecule is CCCCOC(=O)C1CCCCC1C(=O)Nc1ccc(-c2onc(C)c2NC(=O)O[C@H](C)c2ccccc2F)nc1C. The summed E-state index contributed by atoms with van der Waals surface area (Å²) in [5, 5.41) is 9.51. The lowest BCUT2D eigenvalue weighted by atomic mass is 9.78. The number of aromatic nitrogens is 2. The fourth-order valence-corrected chi connectivity index (χ4v) is 5.05. The molecule has 2 amide bonds. The fraction of sp³-hybridized carbons (Fsp3) is 0.452. The van der Waals surface area contributed by atoms with E-state index in [0.29, 0.717) is 42.2 Å². The van der Waals surface area contributed by atoms with Crippen LogP contribution < -0.4 is 10.6 Å². The zero-order valence-electron chi connectivity index (χ0n) is 24.4. The van der Waals surface area contributed by atoms with Crippen molar-refractivity contribution in [1.82, 2.24) is 10.1 Å². The smallest absolute Gasteiger partial charge is 0.412 e. The molecule has 2 N–H and O–H groups in total. The fourth-order valence-electron chi connectivity index (χ4n) is 5.05. The number of aryl methyl sites for hydroxylation is 2. The molecule has 4 rings (SSSR count). The Morgan fingerprint density at radius 1 is 1.05 bits per heavy atom. The van der Waals surface area contributed by atoms with Crippen molar-refractivity contribution >= 4 is 29.3 Å². The summed E-state index contributed by atoms with van der Waals surface area (Å²) in [7, 11) is 0. The highest BCUT2D eigenvalue weighted by Gasteiger charge is 2.37. The average molecular weight is 581 g/mol. The van der Waals surface area contributed by atoms with Gasteiger partial charge in [-0.15, -0.1) is 0 Å². The van der Waals surface area contributed by atoms with Gasteiger partial charge in [0.15, 0.2) is 0 Å². The van der Waals surface area contributed by atoms with Gasteiger partial charge in [-0.05, 0) is 58.2 Å². The molecule has 0 saturated heterocycles. The molecule has 2 unspecified atom stereocenters. The Morgan fingerprint density at radius 3 is 2.50 bits per heavy atom. The summed E-state index contributed by atoms with van der Waals surface area (Å²) in [6.45, 7) is 7.35. The molecule has 1 aliphatic rings. The molecular weight excluding hydrogens is 543 g/mol. The summed E-state index contributed by atoms with van der Waals surface area (Å²) in [6.07, 6.45) is 3.07. The number of nitrogens with one attached hydrogen (secondary N) is 2. The maximum atomic E-state index is 14.1. The molecule has 1 aromatic carbocycles. The first-order valence-corrected chi connectivity index (χ1v) is 14.3. The summed E-state index contributed by atoms with van der Waals surface area (Å²) >= 11 is 0. The van der Waals surface area contributed by atoms with E-state index in [-0.39, 0.29) is 28.9 Å². The number of hydrogen-bond donors (Lipinski definition) is 2. The third-order valence-electron chi connectivity index (χ3n) is 7.44. The van der Waals surface area contributed by atoms with Gasteiger partial charge in [0, 0.05) is 5.56 Å². The van der Waals surface area contributed by atoms with Gasteiger partial charge in [-0.25, -0.2) is 14.2 Å².